The van der Waals surface area contributed by atoms with Gasteiger partial charge in [0, 0.05) is 11.0 Å². The summed E-state index contributed by atoms with van der Waals surface area (Å²) >= 11 is 3.45. The first-order valence-electron chi connectivity index (χ1n) is 5.23. The van der Waals surface area contributed by atoms with Crippen LogP contribution in [0, 0.1) is 11.3 Å². The van der Waals surface area contributed by atoms with Crippen LogP contribution in [0.25, 0.3) is 0 Å². The van der Waals surface area contributed by atoms with Crippen molar-refractivity contribution in [2.75, 3.05) is 19.7 Å². The van der Waals surface area contributed by atoms with Gasteiger partial charge in [0.15, 0.2) is 0 Å². The number of nitriles is 1. The second-order valence-corrected chi connectivity index (χ2v) is 4.26. The molecule has 0 aliphatic rings. The fourth-order valence-electron chi connectivity index (χ4n) is 1.64. The summed E-state index contributed by atoms with van der Waals surface area (Å²) in [5.74, 6) is 0. The van der Waals surface area contributed by atoms with E-state index in [9.17, 15) is 5.26 Å². The molecule has 16 heavy (non-hydrogen) atoms. The molecule has 0 saturated heterocycles. The third kappa shape index (κ3) is 3.05. The van der Waals surface area contributed by atoms with Gasteiger partial charge in [0.05, 0.1) is 12.7 Å². The third-order valence-electron chi connectivity index (χ3n) is 2.48. The van der Waals surface area contributed by atoms with Crippen molar-refractivity contribution in [2.24, 2.45) is 0 Å². The lowest BCUT2D eigenvalue weighted by Crippen LogP contribution is -2.30. The van der Waals surface area contributed by atoms with Gasteiger partial charge in [-0.25, -0.2) is 0 Å². The van der Waals surface area contributed by atoms with Gasteiger partial charge in [0.25, 0.3) is 0 Å². The van der Waals surface area contributed by atoms with E-state index in [-0.39, 0.29) is 12.6 Å². The van der Waals surface area contributed by atoms with Gasteiger partial charge in [-0.3, -0.25) is 4.90 Å². The van der Waals surface area contributed by atoms with Gasteiger partial charge in [-0.05, 0) is 18.2 Å². The van der Waals surface area contributed by atoms with E-state index < -0.39 is 0 Å². The standard InChI is InChI=1S/C12H15BrN2O/c1-2-15(7-8-16)12(9-14)10-5-3-4-6-11(10)13/h3-6,12,16H,2,7-8H2,1H3. The van der Waals surface area contributed by atoms with Crippen molar-refractivity contribution in [3.8, 4) is 6.07 Å². The number of nitrogens with zero attached hydrogens (tertiary/aromatic N) is 2. The van der Waals surface area contributed by atoms with E-state index in [2.05, 4.69) is 22.0 Å². The maximum absolute atomic E-state index is 9.24. The number of aliphatic hydroxyl groups excluding tert-OH is 1. The molecule has 0 radical (unpaired) electrons. The number of hydrogen-bond acceptors (Lipinski definition) is 3. The number of hydrogen-bond donors (Lipinski definition) is 1. The van der Waals surface area contributed by atoms with E-state index in [0.29, 0.717) is 6.54 Å². The first-order chi connectivity index (χ1) is 7.74. The zero-order chi connectivity index (χ0) is 12.0. The Labute approximate surface area is 104 Å². The average Bonchev–Trinajstić information content (AvgIpc) is 2.31. The topological polar surface area (TPSA) is 47.3 Å². The number of aliphatic hydroxyl groups is 1. The highest BCUT2D eigenvalue weighted by molar-refractivity contribution is 9.10. The largest absolute Gasteiger partial charge is 0.395 e. The Kier molecular flexibility index (Phi) is 5.47. The van der Waals surface area contributed by atoms with Crippen LogP contribution in [0.1, 0.15) is 18.5 Å². The van der Waals surface area contributed by atoms with Gasteiger partial charge >= 0.3 is 0 Å². The quantitative estimate of drug-likeness (QED) is 0.902. The first-order valence-corrected chi connectivity index (χ1v) is 6.02. The van der Waals surface area contributed by atoms with Crippen LogP contribution in [-0.2, 0) is 0 Å². The van der Waals surface area contributed by atoms with E-state index in [4.69, 9.17) is 5.11 Å². The molecule has 0 aromatic heterocycles. The lowest BCUT2D eigenvalue weighted by Gasteiger charge is -2.25. The highest BCUT2D eigenvalue weighted by Crippen LogP contribution is 2.26. The molecule has 0 amide bonds. The van der Waals surface area contributed by atoms with Gasteiger partial charge in [-0.2, -0.15) is 5.26 Å². The molecule has 1 atom stereocenters. The van der Waals surface area contributed by atoms with Crippen molar-refractivity contribution in [3.63, 3.8) is 0 Å². The monoisotopic (exact) mass is 282 g/mol. The Morgan fingerprint density at radius 1 is 1.50 bits per heavy atom. The van der Waals surface area contributed by atoms with Gasteiger partial charge in [-0.15, -0.1) is 0 Å². The molecule has 3 nitrogen and oxygen atoms in total. The van der Waals surface area contributed by atoms with Crippen molar-refractivity contribution in [1.82, 2.24) is 4.90 Å². The van der Waals surface area contributed by atoms with Crippen LogP contribution in [0.5, 0.6) is 0 Å². The molecule has 0 saturated carbocycles. The Morgan fingerprint density at radius 3 is 2.69 bits per heavy atom. The van der Waals surface area contributed by atoms with E-state index >= 15 is 0 Å². The zero-order valence-corrected chi connectivity index (χ0v) is 10.8. The molecule has 0 bridgehead atoms. The molecule has 4 heteroatoms. The Hall–Kier alpha value is -0.890. The molecule has 0 aliphatic heterocycles. The van der Waals surface area contributed by atoms with E-state index in [0.717, 1.165) is 16.6 Å². The predicted octanol–water partition coefficient (Wildman–Crippen LogP) is 2.33. The average molecular weight is 283 g/mol. The Balaban J connectivity index is 2.98. The Bertz CT molecular complexity index is 376. The minimum absolute atomic E-state index is 0.0659. The minimum Gasteiger partial charge on any atom is -0.395 e. The summed E-state index contributed by atoms with van der Waals surface area (Å²) in [7, 11) is 0. The van der Waals surface area contributed by atoms with Gasteiger partial charge in [-0.1, -0.05) is 41.1 Å². The summed E-state index contributed by atoms with van der Waals surface area (Å²) < 4.78 is 0.929. The van der Waals surface area contributed by atoms with E-state index in [1.54, 1.807) is 0 Å². The molecule has 0 spiro atoms. The maximum Gasteiger partial charge on any atom is 0.125 e. The van der Waals surface area contributed by atoms with Crippen LogP contribution in [0.2, 0.25) is 0 Å². The smallest absolute Gasteiger partial charge is 0.125 e. The SMILES string of the molecule is CCN(CCO)C(C#N)c1ccccc1Br. The number of likely N-dealkylation sites (N-methyl/N-ethyl adjacent to an activating group) is 1. The number of benzene rings is 1. The molecule has 1 aromatic rings. The number of halogens is 1. The van der Waals surface area contributed by atoms with Crippen LogP contribution < -0.4 is 0 Å². The highest BCUT2D eigenvalue weighted by atomic mass is 79.9. The Morgan fingerprint density at radius 2 is 2.19 bits per heavy atom. The van der Waals surface area contributed by atoms with Crippen LogP contribution >= 0.6 is 15.9 Å². The molecule has 0 heterocycles. The molecule has 0 aliphatic carbocycles. The van der Waals surface area contributed by atoms with Gasteiger partial charge in [0.1, 0.15) is 6.04 Å². The van der Waals surface area contributed by atoms with Crippen LogP contribution in [-0.4, -0.2) is 29.7 Å². The molecule has 1 unspecified atom stereocenters. The second kappa shape index (κ2) is 6.64. The normalized spacial score (nSPS) is 12.4. The van der Waals surface area contributed by atoms with Crippen molar-refractivity contribution >= 4 is 15.9 Å². The van der Waals surface area contributed by atoms with Crippen molar-refractivity contribution in [1.29, 1.82) is 5.26 Å². The minimum atomic E-state index is -0.312. The van der Waals surface area contributed by atoms with E-state index in [1.807, 2.05) is 36.1 Å². The summed E-state index contributed by atoms with van der Waals surface area (Å²) in [5.41, 5.74) is 0.945. The number of rotatable bonds is 5. The summed E-state index contributed by atoms with van der Waals surface area (Å²) in [4.78, 5) is 1.94. The van der Waals surface area contributed by atoms with Crippen LogP contribution in [0.15, 0.2) is 28.7 Å². The second-order valence-electron chi connectivity index (χ2n) is 3.41. The molecule has 1 aromatic carbocycles. The van der Waals surface area contributed by atoms with Crippen molar-refractivity contribution in [3.05, 3.63) is 34.3 Å². The van der Waals surface area contributed by atoms with Crippen molar-refractivity contribution < 1.29 is 5.11 Å². The summed E-state index contributed by atoms with van der Waals surface area (Å²) in [6.45, 7) is 3.30. The van der Waals surface area contributed by atoms with Gasteiger partial charge in [0.2, 0.25) is 0 Å². The van der Waals surface area contributed by atoms with Gasteiger partial charge < -0.3 is 5.11 Å². The highest BCUT2D eigenvalue weighted by Gasteiger charge is 2.19. The third-order valence-corrected chi connectivity index (χ3v) is 3.20. The zero-order valence-electron chi connectivity index (χ0n) is 9.23. The first kappa shape index (κ1) is 13.2. The summed E-state index contributed by atoms with van der Waals surface area (Å²) in [6.07, 6.45) is 0. The fraction of sp³-hybridized carbons (Fsp3) is 0.417. The van der Waals surface area contributed by atoms with Crippen molar-refractivity contribution in [2.45, 2.75) is 13.0 Å². The lowest BCUT2D eigenvalue weighted by molar-refractivity contribution is 0.180. The van der Waals surface area contributed by atoms with E-state index in [1.165, 1.54) is 0 Å². The molecule has 86 valence electrons. The molecule has 1 N–H and O–H groups in total. The van der Waals surface area contributed by atoms with Crippen LogP contribution in [0.4, 0.5) is 0 Å². The summed E-state index contributed by atoms with van der Waals surface area (Å²) in [5, 5.41) is 18.2. The molecular weight excluding hydrogens is 268 g/mol. The maximum atomic E-state index is 9.24. The fourth-order valence-corrected chi connectivity index (χ4v) is 2.14. The lowest BCUT2D eigenvalue weighted by atomic mass is 10.1. The van der Waals surface area contributed by atoms with Crippen LogP contribution in [0.3, 0.4) is 0 Å². The molecule has 0 fully saturated rings. The summed E-state index contributed by atoms with van der Waals surface area (Å²) in [6, 6.07) is 9.65. The molecular formula is C12H15BrN2O. The predicted molar refractivity (Wildman–Crippen MR) is 66.8 cm³/mol. The molecule has 1 rings (SSSR count).